The van der Waals surface area contributed by atoms with Gasteiger partial charge in [0.05, 0.1) is 7.11 Å². The van der Waals surface area contributed by atoms with Gasteiger partial charge in [0.2, 0.25) is 17.6 Å². The summed E-state index contributed by atoms with van der Waals surface area (Å²) in [5, 5.41) is 6.49. The van der Waals surface area contributed by atoms with Crippen molar-refractivity contribution in [3.63, 3.8) is 0 Å². The van der Waals surface area contributed by atoms with E-state index in [-0.39, 0.29) is 36.4 Å². The largest absolute Gasteiger partial charge is 0.467 e. The van der Waals surface area contributed by atoms with E-state index >= 15 is 0 Å². The van der Waals surface area contributed by atoms with E-state index in [1.165, 1.54) is 19.2 Å². The summed E-state index contributed by atoms with van der Waals surface area (Å²) in [6.07, 6.45) is 0.819. The van der Waals surface area contributed by atoms with Crippen LogP contribution in [0.1, 0.15) is 32.6 Å². The Morgan fingerprint density at radius 3 is 2.58 bits per heavy atom. The topological polar surface area (TPSA) is 94.3 Å². The number of nitrogens with zero attached hydrogens (tertiary/aromatic N) is 2. The molecule has 8 heteroatoms. The van der Waals surface area contributed by atoms with Gasteiger partial charge >= 0.3 is 5.97 Å². The average Bonchev–Trinajstić information content (AvgIpc) is 3.08. The molecular weight excluding hydrogens is 341 g/mol. The van der Waals surface area contributed by atoms with E-state index in [0.29, 0.717) is 17.8 Å². The van der Waals surface area contributed by atoms with Gasteiger partial charge in [-0.3, -0.25) is 4.79 Å². The second-order valence-corrected chi connectivity index (χ2v) is 6.29. The van der Waals surface area contributed by atoms with E-state index in [4.69, 9.17) is 9.26 Å². The number of nitrogens with one attached hydrogen (secondary N) is 1. The molecule has 140 valence electrons. The first kappa shape index (κ1) is 19.6. The number of hydrogen-bond acceptors (Lipinski definition) is 6. The number of esters is 1. The summed E-state index contributed by atoms with van der Waals surface area (Å²) in [5.41, 5.74) is 0.619. The van der Waals surface area contributed by atoms with E-state index < -0.39 is 12.0 Å². The highest BCUT2D eigenvalue weighted by Gasteiger charge is 2.22. The van der Waals surface area contributed by atoms with Crippen molar-refractivity contribution in [2.75, 3.05) is 7.11 Å². The van der Waals surface area contributed by atoms with Gasteiger partial charge in [-0.2, -0.15) is 4.98 Å². The van der Waals surface area contributed by atoms with E-state index in [0.717, 1.165) is 0 Å². The predicted octanol–water partition coefficient (Wildman–Crippen LogP) is 2.51. The van der Waals surface area contributed by atoms with Gasteiger partial charge in [0, 0.05) is 18.4 Å². The first-order valence-corrected chi connectivity index (χ1v) is 8.34. The highest BCUT2D eigenvalue weighted by atomic mass is 19.1. The third-order valence-electron chi connectivity index (χ3n) is 3.66. The summed E-state index contributed by atoms with van der Waals surface area (Å²) in [4.78, 5) is 28.0. The lowest BCUT2D eigenvalue weighted by molar-refractivity contribution is -0.145. The van der Waals surface area contributed by atoms with Crippen LogP contribution >= 0.6 is 0 Å². The molecule has 2 rings (SSSR count). The van der Waals surface area contributed by atoms with Crippen LogP contribution in [-0.4, -0.2) is 35.2 Å². The summed E-state index contributed by atoms with van der Waals surface area (Å²) >= 11 is 0. The molecule has 2 aromatic rings. The fourth-order valence-corrected chi connectivity index (χ4v) is 2.39. The number of aromatic nitrogens is 2. The lowest BCUT2D eigenvalue weighted by Crippen LogP contribution is -2.42. The summed E-state index contributed by atoms with van der Waals surface area (Å²) < 4.78 is 22.8. The summed E-state index contributed by atoms with van der Waals surface area (Å²) in [6, 6.07) is 5.03. The maximum atomic E-state index is 12.9. The first-order chi connectivity index (χ1) is 12.4. The summed E-state index contributed by atoms with van der Waals surface area (Å²) in [5.74, 6) is -0.277. The molecule has 0 aliphatic carbocycles. The van der Waals surface area contributed by atoms with Crippen LogP contribution in [-0.2, 0) is 20.7 Å². The molecule has 1 heterocycles. The second kappa shape index (κ2) is 9.07. The normalized spacial score (nSPS) is 12.0. The number of carbonyl (C=O) groups is 2. The molecule has 1 atom stereocenters. The molecule has 1 amide bonds. The van der Waals surface area contributed by atoms with Gasteiger partial charge in [-0.25, -0.2) is 9.18 Å². The number of ether oxygens (including phenoxy) is 1. The van der Waals surface area contributed by atoms with Crippen molar-refractivity contribution in [1.29, 1.82) is 0 Å². The number of halogens is 1. The number of aryl methyl sites for hydroxylation is 1. The molecule has 26 heavy (non-hydrogen) atoms. The molecule has 1 N–H and O–H groups in total. The molecule has 7 nitrogen and oxygen atoms in total. The van der Waals surface area contributed by atoms with Crippen molar-refractivity contribution in [3.8, 4) is 11.4 Å². The number of rotatable bonds is 8. The van der Waals surface area contributed by atoms with Crippen LogP contribution in [0.15, 0.2) is 28.8 Å². The summed E-state index contributed by atoms with van der Waals surface area (Å²) in [6.45, 7) is 3.91. The van der Waals surface area contributed by atoms with Gasteiger partial charge in [-0.1, -0.05) is 19.0 Å². The van der Waals surface area contributed by atoms with E-state index in [1.807, 2.05) is 13.8 Å². The third kappa shape index (κ3) is 5.65. The van der Waals surface area contributed by atoms with E-state index in [9.17, 15) is 14.0 Å². The zero-order valence-corrected chi connectivity index (χ0v) is 15.0. The van der Waals surface area contributed by atoms with Crippen molar-refractivity contribution in [2.45, 2.75) is 39.2 Å². The molecule has 0 saturated carbocycles. The molecule has 0 aliphatic heterocycles. The number of hydrogen-bond donors (Lipinski definition) is 1. The fourth-order valence-electron chi connectivity index (χ4n) is 2.39. The number of benzene rings is 1. The van der Waals surface area contributed by atoms with Crippen molar-refractivity contribution >= 4 is 11.9 Å². The van der Waals surface area contributed by atoms with Crippen molar-refractivity contribution < 1.29 is 23.2 Å². The molecule has 1 aromatic carbocycles. The second-order valence-electron chi connectivity index (χ2n) is 6.29. The van der Waals surface area contributed by atoms with Gasteiger partial charge in [-0.05, 0) is 36.6 Å². The van der Waals surface area contributed by atoms with Gasteiger partial charge in [0.1, 0.15) is 11.9 Å². The Labute approximate surface area is 150 Å². The standard InChI is InChI=1S/C18H22FN3O4/c1-11(2)10-14(18(24)25-3)20-15(23)8-9-16-21-17(22-26-16)12-4-6-13(19)7-5-12/h4-7,11,14H,8-10H2,1-3H3,(H,20,23)/t14-/m0/s1. The minimum absolute atomic E-state index is 0.0939. The number of amides is 1. The summed E-state index contributed by atoms with van der Waals surface area (Å²) in [7, 11) is 1.29. The Morgan fingerprint density at radius 2 is 1.96 bits per heavy atom. The van der Waals surface area contributed by atoms with Gasteiger partial charge < -0.3 is 14.6 Å². The SMILES string of the molecule is COC(=O)[C@H](CC(C)C)NC(=O)CCc1nc(-c2ccc(F)cc2)no1. The number of methoxy groups -OCH3 is 1. The zero-order chi connectivity index (χ0) is 19.1. The highest BCUT2D eigenvalue weighted by molar-refractivity contribution is 5.84. The van der Waals surface area contributed by atoms with Crippen LogP contribution in [0.4, 0.5) is 4.39 Å². The van der Waals surface area contributed by atoms with Crippen LogP contribution in [0.2, 0.25) is 0 Å². The molecule has 0 aliphatic rings. The molecule has 1 aromatic heterocycles. The minimum Gasteiger partial charge on any atom is -0.467 e. The average molecular weight is 363 g/mol. The van der Waals surface area contributed by atoms with Gasteiger partial charge in [-0.15, -0.1) is 0 Å². The molecule has 0 fully saturated rings. The van der Waals surface area contributed by atoms with Crippen LogP contribution in [0, 0.1) is 11.7 Å². The van der Waals surface area contributed by atoms with E-state index in [2.05, 4.69) is 15.5 Å². The lowest BCUT2D eigenvalue weighted by atomic mass is 10.0. The quantitative estimate of drug-likeness (QED) is 0.724. The highest BCUT2D eigenvalue weighted by Crippen LogP contribution is 2.16. The van der Waals surface area contributed by atoms with Crippen molar-refractivity contribution in [2.24, 2.45) is 5.92 Å². The predicted molar refractivity (Wildman–Crippen MR) is 91.4 cm³/mol. The van der Waals surface area contributed by atoms with Gasteiger partial charge in [0.25, 0.3) is 0 Å². The molecule has 0 spiro atoms. The smallest absolute Gasteiger partial charge is 0.328 e. The minimum atomic E-state index is -0.676. The van der Waals surface area contributed by atoms with E-state index in [1.54, 1.807) is 12.1 Å². The van der Waals surface area contributed by atoms with Crippen LogP contribution < -0.4 is 5.32 Å². The Morgan fingerprint density at radius 1 is 1.27 bits per heavy atom. The Kier molecular flexibility index (Phi) is 6.82. The molecule has 0 saturated heterocycles. The zero-order valence-electron chi connectivity index (χ0n) is 15.0. The van der Waals surface area contributed by atoms with Gasteiger partial charge in [0.15, 0.2) is 0 Å². The van der Waals surface area contributed by atoms with Crippen LogP contribution in [0.25, 0.3) is 11.4 Å². The lowest BCUT2D eigenvalue weighted by Gasteiger charge is -2.18. The maximum absolute atomic E-state index is 12.9. The fraction of sp³-hybridized carbons (Fsp3) is 0.444. The van der Waals surface area contributed by atoms with Crippen LogP contribution in [0.5, 0.6) is 0 Å². The monoisotopic (exact) mass is 363 g/mol. The van der Waals surface area contributed by atoms with Crippen LogP contribution in [0.3, 0.4) is 0 Å². The molecule has 0 unspecified atom stereocenters. The molecule has 0 radical (unpaired) electrons. The molecular formula is C18H22FN3O4. The Bertz CT molecular complexity index is 743. The van der Waals surface area contributed by atoms with Crippen molar-refractivity contribution in [3.05, 3.63) is 36.0 Å². The first-order valence-electron chi connectivity index (χ1n) is 8.34. The Hall–Kier alpha value is -2.77. The van der Waals surface area contributed by atoms with Crippen molar-refractivity contribution in [1.82, 2.24) is 15.5 Å². The molecule has 0 bridgehead atoms. The maximum Gasteiger partial charge on any atom is 0.328 e. The number of carbonyl (C=O) groups excluding carboxylic acids is 2. The third-order valence-corrected chi connectivity index (χ3v) is 3.66. The Balaban J connectivity index is 1.90.